The zero-order valence-electron chi connectivity index (χ0n) is 18.0. The summed E-state index contributed by atoms with van der Waals surface area (Å²) < 4.78 is 18.4. The van der Waals surface area contributed by atoms with Gasteiger partial charge in [0.2, 0.25) is 5.91 Å². The summed E-state index contributed by atoms with van der Waals surface area (Å²) in [4.78, 5) is 24.6. The Morgan fingerprint density at radius 2 is 1.53 bits per heavy atom. The molecular weight excluding hydrogens is 409 g/mol. The third-order valence-electron chi connectivity index (χ3n) is 4.77. The Labute approximate surface area is 186 Å². The topological polar surface area (TPSA) is 79.5 Å². The van der Waals surface area contributed by atoms with Gasteiger partial charge in [0, 0.05) is 16.9 Å². The number of nitrogens with one attached hydrogen (secondary N) is 3. The van der Waals surface area contributed by atoms with Crippen molar-refractivity contribution in [1.82, 2.24) is 5.32 Å². The lowest BCUT2D eigenvalue weighted by Crippen LogP contribution is -2.32. The molecule has 32 heavy (non-hydrogen) atoms. The highest BCUT2D eigenvalue weighted by Crippen LogP contribution is 2.17. The van der Waals surface area contributed by atoms with Crippen LogP contribution in [0, 0.1) is 5.82 Å². The molecule has 6 nitrogen and oxygen atoms in total. The minimum Gasteiger partial charge on any atom is -0.494 e. The van der Waals surface area contributed by atoms with Crippen molar-refractivity contribution >= 4 is 23.2 Å². The Bertz CT molecular complexity index is 1040. The van der Waals surface area contributed by atoms with Crippen LogP contribution in [-0.2, 0) is 4.79 Å². The van der Waals surface area contributed by atoms with E-state index in [0.29, 0.717) is 23.5 Å². The van der Waals surface area contributed by atoms with E-state index in [9.17, 15) is 14.0 Å². The molecule has 0 aliphatic carbocycles. The molecule has 0 aromatic heterocycles. The van der Waals surface area contributed by atoms with E-state index in [1.807, 2.05) is 13.8 Å². The van der Waals surface area contributed by atoms with Gasteiger partial charge >= 0.3 is 0 Å². The Morgan fingerprint density at radius 3 is 2.16 bits per heavy atom. The van der Waals surface area contributed by atoms with E-state index >= 15 is 0 Å². The van der Waals surface area contributed by atoms with Gasteiger partial charge < -0.3 is 20.7 Å². The van der Waals surface area contributed by atoms with Crippen LogP contribution >= 0.6 is 0 Å². The van der Waals surface area contributed by atoms with Gasteiger partial charge in [0.15, 0.2) is 0 Å². The van der Waals surface area contributed by atoms with E-state index in [1.54, 1.807) is 60.7 Å². The van der Waals surface area contributed by atoms with Crippen molar-refractivity contribution in [3.63, 3.8) is 0 Å². The van der Waals surface area contributed by atoms with Crippen molar-refractivity contribution < 1.29 is 18.7 Å². The summed E-state index contributed by atoms with van der Waals surface area (Å²) in [5.41, 5.74) is 2.71. The van der Waals surface area contributed by atoms with Gasteiger partial charge in [-0.05, 0) is 80.1 Å². The molecule has 0 radical (unpaired) electrons. The van der Waals surface area contributed by atoms with Crippen LogP contribution in [0.2, 0.25) is 0 Å². The van der Waals surface area contributed by atoms with Crippen LogP contribution in [0.3, 0.4) is 0 Å². The van der Waals surface area contributed by atoms with Gasteiger partial charge in [-0.15, -0.1) is 0 Å². The number of carbonyl (C=O) groups is 2. The zero-order valence-corrected chi connectivity index (χ0v) is 18.0. The highest BCUT2D eigenvalue weighted by Gasteiger charge is 2.10. The van der Waals surface area contributed by atoms with Crippen molar-refractivity contribution in [2.24, 2.45) is 0 Å². The number of amides is 2. The molecule has 0 saturated carbocycles. The Morgan fingerprint density at radius 1 is 0.906 bits per heavy atom. The first-order chi connectivity index (χ1) is 15.4. The number of carbonyl (C=O) groups excluding carboxylic acids is 2. The summed E-state index contributed by atoms with van der Waals surface area (Å²) in [6.07, 6.45) is 0. The first-order valence-electron chi connectivity index (χ1n) is 10.4. The number of anilines is 2. The van der Waals surface area contributed by atoms with Crippen LogP contribution in [-0.4, -0.2) is 25.0 Å². The van der Waals surface area contributed by atoms with Crippen LogP contribution in [0.1, 0.15) is 35.8 Å². The number of benzene rings is 3. The normalized spacial score (nSPS) is 11.3. The molecule has 3 rings (SSSR count). The second kappa shape index (κ2) is 10.9. The highest BCUT2D eigenvalue weighted by molar-refractivity contribution is 6.04. The summed E-state index contributed by atoms with van der Waals surface area (Å²) in [5.74, 6) is 0.00768. The molecule has 3 aromatic rings. The van der Waals surface area contributed by atoms with Gasteiger partial charge in [0.05, 0.1) is 19.2 Å². The van der Waals surface area contributed by atoms with Crippen molar-refractivity contribution in [1.29, 1.82) is 0 Å². The van der Waals surface area contributed by atoms with Crippen molar-refractivity contribution in [3.05, 3.63) is 89.7 Å². The predicted octanol–water partition coefficient (Wildman–Crippen LogP) is 4.77. The lowest BCUT2D eigenvalue weighted by atomic mass is 10.1. The third kappa shape index (κ3) is 6.57. The molecule has 0 saturated heterocycles. The highest BCUT2D eigenvalue weighted by atomic mass is 19.1. The fraction of sp³-hybridized carbons (Fsp3) is 0.200. The Hall–Kier alpha value is -3.87. The fourth-order valence-corrected chi connectivity index (χ4v) is 3.05. The molecule has 0 bridgehead atoms. The number of rotatable bonds is 9. The molecule has 1 atom stereocenters. The molecule has 0 fully saturated rings. The number of ether oxygens (including phenoxy) is 1. The van der Waals surface area contributed by atoms with E-state index in [4.69, 9.17) is 4.74 Å². The van der Waals surface area contributed by atoms with Gasteiger partial charge in [-0.25, -0.2) is 4.39 Å². The predicted molar refractivity (Wildman–Crippen MR) is 123 cm³/mol. The third-order valence-corrected chi connectivity index (χ3v) is 4.77. The summed E-state index contributed by atoms with van der Waals surface area (Å²) >= 11 is 0. The smallest absolute Gasteiger partial charge is 0.255 e. The summed E-state index contributed by atoms with van der Waals surface area (Å²) in [6, 6.07) is 19.8. The number of halogens is 1. The zero-order chi connectivity index (χ0) is 22.9. The molecule has 0 spiro atoms. The van der Waals surface area contributed by atoms with Crippen LogP contribution in [0.15, 0.2) is 72.8 Å². The summed E-state index contributed by atoms with van der Waals surface area (Å²) in [5, 5.41) is 8.72. The summed E-state index contributed by atoms with van der Waals surface area (Å²) in [6.45, 7) is 4.41. The van der Waals surface area contributed by atoms with E-state index in [-0.39, 0.29) is 30.2 Å². The molecule has 0 aliphatic heterocycles. The average molecular weight is 435 g/mol. The molecule has 0 heterocycles. The largest absolute Gasteiger partial charge is 0.494 e. The van der Waals surface area contributed by atoms with E-state index in [0.717, 1.165) is 11.3 Å². The minimum atomic E-state index is -0.314. The lowest BCUT2D eigenvalue weighted by molar-refractivity contribution is -0.120. The molecular formula is C25H26FN3O3. The van der Waals surface area contributed by atoms with Crippen molar-refractivity contribution in [2.45, 2.75) is 19.9 Å². The maximum absolute atomic E-state index is 13.0. The van der Waals surface area contributed by atoms with Crippen LogP contribution in [0.4, 0.5) is 15.8 Å². The van der Waals surface area contributed by atoms with E-state index in [1.165, 1.54) is 12.1 Å². The SMILES string of the molecule is CCOc1ccc(NC(=O)c2ccc(NCC(=O)NC(C)c3ccc(F)cc3)cc2)cc1. The van der Waals surface area contributed by atoms with Crippen LogP contribution < -0.4 is 20.7 Å². The van der Waals surface area contributed by atoms with Gasteiger partial charge in [-0.3, -0.25) is 9.59 Å². The Kier molecular flexibility index (Phi) is 7.80. The average Bonchev–Trinajstić information content (AvgIpc) is 2.80. The van der Waals surface area contributed by atoms with Crippen molar-refractivity contribution in [2.75, 3.05) is 23.8 Å². The van der Waals surface area contributed by atoms with E-state index < -0.39 is 0 Å². The lowest BCUT2D eigenvalue weighted by Gasteiger charge is -2.15. The van der Waals surface area contributed by atoms with Crippen LogP contribution in [0.5, 0.6) is 5.75 Å². The standard InChI is InChI=1S/C25H26FN3O3/c1-3-32-23-14-12-22(13-15-23)29-25(31)19-6-10-21(11-7-19)27-16-24(30)28-17(2)18-4-8-20(26)9-5-18/h4-15,17,27H,3,16H2,1-2H3,(H,28,30)(H,29,31). The molecule has 1 unspecified atom stereocenters. The second-order valence-corrected chi connectivity index (χ2v) is 7.18. The Balaban J connectivity index is 1.47. The second-order valence-electron chi connectivity index (χ2n) is 7.18. The summed E-state index contributed by atoms with van der Waals surface area (Å²) in [7, 11) is 0. The monoisotopic (exact) mass is 435 g/mol. The quantitative estimate of drug-likeness (QED) is 0.453. The molecule has 166 valence electrons. The number of hydrogen-bond donors (Lipinski definition) is 3. The first-order valence-corrected chi connectivity index (χ1v) is 10.4. The van der Waals surface area contributed by atoms with Crippen molar-refractivity contribution in [3.8, 4) is 5.75 Å². The molecule has 3 aromatic carbocycles. The fourth-order valence-electron chi connectivity index (χ4n) is 3.05. The minimum absolute atomic E-state index is 0.0727. The maximum atomic E-state index is 13.0. The number of hydrogen-bond acceptors (Lipinski definition) is 4. The molecule has 2 amide bonds. The van der Waals surface area contributed by atoms with E-state index in [2.05, 4.69) is 16.0 Å². The maximum Gasteiger partial charge on any atom is 0.255 e. The van der Waals surface area contributed by atoms with Gasteiger partial charge in [-0.2, -0.15) is 0 Å². The van der Waals surface area contributed by atoms with Gasteiger partial charge in [-0.1, -0.05) is 12.1 Å². The molecule has 0 aliphatic rings. The van der Waals surface area contributed by atoms with Gasteiger partial charge in [0.25, 0.3) is 5.91 Å². The van der Waals surface area contributed by atoms with Crippen LogP contribution in [0.25, 0.3) is 0 Å². The molecule has 3 N–H and O–H groups in total. The van der Waals surface area contributed by atoms with Gasteiger partial charge in [0.1, 0.15) is 11.6 Å². The first kappa shape index (κ1) is 22.8. The molecule has 7 heteroatoms.